The molecule has 0 N–H and O–H groups in total. The van der Waals surface area contributed by atoms with Crippen LogP contribution in [0, 0.1) is 11.3 Å². The Labute approximate surface area is 140 Å². The standard InChI is InChI=1S/C20H15N3O/c21-14-15-8-10-16(11-9-15)18-13-19(20-7-4-12-24-20)23(22-18)17-5-2-1-3-6-17/h1-12,19H,13H2. The molecule has 0 spiro atoms. The third-order valence-corrected chi connectivity index (χ3v) is 4.15. The molecule has 1 aliphatic heterocycles. The summed E-state index contributed by atoms with van der Waals surface area (Å²) in [6, 6.07) is 23.7. The molecule has 3 aromatic rings. The van der Waals surface area contributed by atoms with Crippen molar-refractivity contribution in [3.05, 3.63) is 89.9 Å². The fourth-order valence-corrected chi connectivity index (χ4v) is 2.94. The van der Waals surface area contributed by atoms with Gasteiger partial charge < -0.3 is 4.42 Å². The first-order valence-electron chi connectivity index (χ1n) is 7.81. The first-order chi connectivity index (χ1) is 11.8. The first kappa shape index (κ1) is 14.3. The molecule has 0 saturated heterocycles. The maximum absolute atomic E-state index is 8.95. The van der Waals surface area contributed by atoms with E-state index in [0.29, 0.717) is 5.56 Å². The predicted molar refractivity (Wildman–Crippen MR) is 92.7 cm³/mol. The normalized spacial score (nSPS) is 16.7. The van der Waals surface area contributed by atoms with Gasteiger partial charge in [-0.15, -0.1) is 0 Å². The fourth-order valence-electron chi connectivity index (χ4n) is 2.94. The predicted octanol–water partition coefficient (Wildman–Crippen LogP) is 4.51. The Kier molecular flexibility index (Phi) is 3.60. The second-order valence-corrected chi connectivity index (χ2v) is 5.65. The molecule has 4 heteroatoms. The van der Waals surface area contributed by atoms with Crippen LogP contribution in [-0.2, 0) is 0 Å². The van der Waals surface area contributed by atoms with Gasteiger partial charge in [0.25, 0.3) is 0 Å². The summed E-state index contributed by atoms with van der Waals surface area (Å²) in [4.78, 5) is 0. The minimum absolute atomic E-state index is 0.0352. The summed E-state index contributed by atoms with van der Waals surface area (Å²) in [6.45, 7) is 0. The molecule has 4 rings (SSSR count). The van der Waals surface area contributed by atoms with Crippen LogP contribution in [0.3, 0.4) is 0 Å². The second-order valence-electron chi connectivity index (χ2n) is 5.65. The summed E-state index contributed by atoms with van der Waals surface area (Å²) in [5.74, 6) is 0.895. The van der Waals surface area contributed by atoms with Gasteiger partial charge in [0, 0.05) is 6.42 Å². The van der Waals surface area contributed by atoms with Gasteiger partial charge in [0.2, 0.25) is 0 Å². The van der Waals surface area contributed by atoms with Gasteiger partial charge in [-0.3, -0.25) is 5.01 Å². The number of benzene rings is 2. The van der Waals surface area contributed by atoms with E-state index in [9.17, 15) is 0 Å². The van der Waals surface area contributed by atoms with Crippen LogP contribution in [0.25, 0.3) is 0 Å². The van der Waals surface area contributed by atoms with E-state index in [1.54, 1.807) is 6.26 Å². The molecule has 0 radical (unpaired) electrons. The lowest BCUT2D eigenvalue weighted by Gasteiger charge is -2.21. The van der Waals surface area contributed by atoms with Crippen LogP contribution in [0.1, 0.15) is 29.3 Å². The summed E-state index contributed by atoms with van der Waals surface area (Å²) in [5, 5.41) is 15.8. The SMILES string of the molecule is N#Cc1ccc(C2=NN(c3ccccc3)C(c3ccco3)C2)cc1. The molecule has 0 fully saturated rings. The van der Waals surface area contributed by atoms with Crippen LogP contribution < -0.4 is 5.01 Å². The summed E-state index contributed by atoms with van der Waals surface area (Å²) in [5.41, 5.74) is 3.70. The Bertz CT molecular complexity index is 890. The van der Waals surface area contributed by atoms with Crippen LogP contribution >= 0.6 is 0 Å². The van der Waals surface area contributed by atoms with Gasteiger partial charge in [0.1, 0.15) is 11.8 Å². The average Bonchev–Trinajstić information content (AvgIpc) is 3.32. The molecule has 0 amide bonds. The van der Waals surface area contributed by atoms with E-state index in [-0.39, 0.29) is 6.04 Å². The van der Waals surface area contributed by atoms with Crippen molar-refractivity contribution in [1.82, 2.24) is 0 Å². The lowest BCUT2D eigenvalue weighted by atomic mass is 10.0. The Morgan fingerprint density at radius 1 is 1.00 bits per heavy atom. The number of nitriles is 1. The monoisotopic (exact) mass is 313 g/mol. The van der Waals surface area contributed by atoms with Gasteiger partial charge in [-0.25, -0.2) is 0 Å². The fraction of sp³-hybridized carbons (Fsp3) is 0.100. The number of hydrogen-bond acceptors (Lipinski definition) is 4. The van der Waals surface area contributed by atoms with Crippen molar-refractivity contribution in [3.8, 4) is 6.07 Å². The molecule has 1 aliphatic rings. The van der Waals surface area contributed by atoms with E-state index >= 15 is 0 Å². The Balaban J connectivity index is 1.72. The van der Waals surface area contributed by atoms with E-state index in [4.69, 9.17) is 14.8 Å². The maximum Gasteiger partial charge on any atom is 0.128 e. The number of furan rings is 1. The number of rotatable bonds is 3. The molecule has 1 atom stereocenters. The topological polar surface area (TPSA) is 52.5 Å². The molecule has 1 unspecified atom stereocenters. The zero-order valence-corrected chi connectivity index (χ0v) is 13.0. The maximum atomic E-state index is 8.95. The molecule has 24 heavy (non-hydrogen) atoms. The number of nitrogens with zero attached hydrogens (tertiary/aromatic N) is 3. The number of hydrogen-bond donors (Lipinski definition) is 0. The van der Waals surface area contributed by atoms with E-state index < -0.39 is 0 Å². The Morgan fingerprint density at radius 2 is 1.79 bits per heavy atom. The second kappa shape index (κ2) is 6.05. The van der Waals surface area contributed by atoms with E-state index in [1.807, 2.05) is 71.7 Å². The summed E-state index contributed by atoms with van der Waals surface area (Å²) in [6.07, 6.45) is 2.45. The van der Waals surface area contributed by atoms with Gasteiger partial charge in [-0.2, -0.15) is 10.4 Å². The Hall–Kier alpha value is -3.32. The molecule has 116 valence electrons. The minimum Gasteiger partial charge on any atom is -0.467 e. The van der Waals surface area contributed by atoms with E-state index in [0.717, 1.165) is 29.1 Å². The van der Waals surface area contributed by atoms with Crippen molar-refractivity contribution in [2.75, 3.05) is 5.01 Å². The van der Waals surface area contributed by atoms with Crippen LogP contribution in [0.2, 0.25) is 0 Å². The van der Waals surface area contributed by atoms with Crippen molar-refractivity contribution in [1.29, 1.82) is 5.26 Å². The summed E-state index contributed by atoms with van der Waals surface area (Å²) < 4.78 is 5.63. The van der Waals surface area contributed by atoms with E-state index in [1.165, 1.54) is 0 Å². The third-order valence-electron chi connectivity index (χ3n) is 4.15. The van der Waals surface area contributed by atoms with Crippen LogP contribution in [0.5, 0.6) is 0 Å². The number of para-hydroxylation sites is 1. The van der Waals surface area contributed by atoms with Gasteiger partial charge in [0.15, 0.2) is 0 Å². The highest BCUT2D eigenvalue weighted by Gasteiger charge is 2.31. The molecule has 0 saturated carbocycles. The average molecular weight is 313 g/mol. The van der Waals surface area contributed by atoms with Crippen LogP contribution in [0.4, 0.5) is 5.69 Å². The third kappa shape index (κ3) is 2.57. The molecular formula is C20H15N3O. The van der Waals surface area contributed by atoms with Crippen LogP contribution in [-0.4, -0.2) is 5.71 Å². The van der Waals surface area contributed by atoms with E-state index in [2.05, 4.69) is 6.07 Å². The highest BCUT2D eigenvalue weighted by molar-refractivity contribution is 6.03. The number of anilines is 1. The number of hydrazone groups is 1. The van der Waals surface area contributed by atoms with Crippen molar-refractivity contribution >= 4 is 11.4 Å². The highest BCUT2D eigenvalue weighted by Crippen LogP contribution is 2.36. The molecule has 1 aromatic heterocycles. The van der Waals surface area contributed by atoms with Crippen LogP contribution in [0.15, 0.2) is 82.5 Å². The molecule has 2 heterocycles. The van der Waals surface area contributed by atoms with Crippen molar-refractivity contribution in [2.24, 2.45) is 5.10 Å². The van der Waals surface area contributed by atoms with Gasteiger partial charge in [-0.1, -0.05) is 30.3 Å². The van der Waals surface area contributed by atoms with Gasteiger partial charge in [0.05, 0.1) is 29.3 Å². The smallest absolute Gasteiger partial charge is 0.128 e. The minimum atomic E-state index is 0.0352. The molecule has 0 bridgehead atoms. The summed E-state index contributed by atoms with van der Waals surface area (Å²) >= 11 is 0. The van der Waals surface area contributed by atoms with Crippen molar-refractivity contribution < 1.29 is 4.42 Å². The van der Waals surface area contributed by atoms with Crippen molar-refractivity contribution in [2.45, 2.75) is 12.5 Å². The lowest BCUT2D eigenvalue weighted by Crippen LogP contribution is -2.17. The Morgan fingerprint density at radius 3 is 2.46 bits per heavy atom. The molecular weight excluding hydrogens is 298 g/mol. The zero-order valence-electron chi connectivity index (χ0n) is 13.0. The van der Waals surface area contributed by atoms with Gasteiger partial charge >= 0.3 is 0 Å². The highest BCUT2D eigenvalue weighted by atomic mass is 16.3. The zero-order chi connectivity index (χ0) is 16.4. The quantitative estimate of drug-likeness (QED) is 0.715. The molecule has 4 nitrogen and oxygen atoms in total. The molecule has 0 aliphatic carbocycles. The largest absolute Gasteiger partial charge is 0.467 e. The first-order valence-corrected chi connectivity index (χ1v) is 7.81. The van der Waals surface area contributed by atoms with Crippen molar-refractivity contribution in [3.63, 3.8) is 0 Å². The lowest BCUT2D eigenvalue weighted by molar-refractivity contribution is 0.465. The van der Waals surface area contributed by atoms with Gasteiger partial charge in [-0.05, 0) is 42.0 Å². The summed E-state index contributed by atoms with van der Waals surface area (Å²) in [7, 11) is 0. The molecule has 2 aromatic carbocycles.